The van der Waals surface area contributed by atoms with Gasteiger partial charge in [-0.15, -0.1) is 30.6 Å². The summed E-state index contributed by atoms with van der Waals surface area (Å²) in [5.74, 6) is 1.73. The quantitative estimate of drug-likeness (QED) is 0.266. The van der Waals surface area contributed by atoms with Gasteiger partial charge in [-0.25, -0.2) is 4.99 Å². The van der Waals surface area contributed by atoms with E-state index in [1.807, 2.05) is 30.3 Å². The van der Waals surface area contributed by atoms with Crippen molar-refractivity contribution in [3.8, 4) is 0 Å². The van der Waals surface area contributed by atoms with Crippen LogP contribution in [0.15, 0.2) is 69.2 Å². The molecule has 0 bridgehead atoms. The third kappa shape index (κ3) is 7.69. The Balaban J connectivity index is 0.00000264. The second kappa shape index (κ2) is 11.3. The Morgan fingerprint density at radius 3 is 2.65 bits per heavy atom. The van der Waals surface area contributed by atoms with Gasteiger partial charge < -0.3 is 15.1 Å². The molecule has 0 spiro atoms. The van der Waals surface area contributed by atoms with Gasteiger partial charge in [0.1, 0.15) is 5.76 Å². The van der Waals surface area contributed by atoms with Crippen molar-refractivity contribution in [2.75, 3.05) is 13.1 Å². The van der Waals surface area contributed by atoms with Gasteiger partial charge in [-0.05, 0) is 29.8 Å². The van der Waals surface area contributed by atoms with E-state index in [4.69, 9.17) is 4.42 Å². The molecule has 0 atom stereocenters. The van der Waals surface area contributed by atoms with Crippen LogP contribution in [0, 0.1) is 0 Å². The summed E-state index contributed by atoms with van der Waals surface area (Å²) >= 11 is 3.43. The van der Waals surface area contributed by atoms with Crippen molar-refractivity contribution >= 4 is 45.9 Å². The summed E-state index contributed by atoms with van der Waals surface area (Å²) < 4.78 is 6.39. The Hall–Kier alpha value is -1.28. The van der Waals surface area contributed by atoms with Crippen molar-refractivity contribution < 1.29 is 4.42 Å². The first-order valence-electron chi connectivity index (χ1n) is 7.18. The molecule has 0 aliphatic carbocycles. The lowest BCUT2D eigenvalue weighted by Gasteiger charge is -2.11. The van der Waals surface area contributed by atoms with E-state index in [0.717, 1.165) is 34.7 Å². The second-order valence-electron chi connectivity index (χ2n) is 4.72. The van der Waals surface area contributed by atoms with Crippen LogP contribution in [-0.2, 0) is 13.0 Å². The van der Waals surface area contributed by atoms with Gasteiger partial charge >= 0.3 is 0 Å². The van der Waals surface area contributed by atoms with Gasteiger partial charge in [0.15, 0.2) is 5.96 Å². The maximum atomic E-state index is 5.32. The maximum absolute atomic E-state index is 5.32. The van der Waals surface area contributed by atoms with Gasteiger partial charge in [0.2, 0.25) is 0 Å². The van der Waals surface area contributed by atoms with Crippen LogP contribution in [-0.4, -0.2) is 19.0 Å². The van der Waals surface area contributed by atoms with E-state index >= 15 is 0 Å². The van der Waals surface area contributed by atoms with Crippen molar-refractivity contribution in [3.63, 3.8) is 0 Å². The van der Waals surface area contributed by atoms with E-state index in [-0.39, 0.29) is 24.0 Å². The highest BCUT2D eigenvalue weighted by molar-refractivity contribution is 14.0. The predicted octanol–water partition coefficient (Wildman–Crippen LogP) is 4.12. The molecule has 0 fully saturated rings. The lowest BCUT2D eigenvalue weighted by atomic mass is 10.2. The fourth-order valence-corrected chi connectivity index (χ4v) is 2.13. The molecule has 1 heterocycles. The molecule has 124 valence electrons. The Kier molecular flexibility index (Phi) is 9.70. The molecule has 4 nitrogen and oxygen atoms in total. The zero-order valence-corrected chi connectivity index (χ0v) is 16.7. The lowest BCUT2D eigenvalue weighted by molar-refractivity contribution is 0.507. The van der Waals surface area contributed by atoms with Gasteiger partial charge in [0.05, 0.1) is 12.8 Å². The van der Waals surface area contributed by atoms with Gasteiger partial charge in [-0.2, -0.15) is 0 Å². The third-order valence-corrected chi connectivity index (χ3v) is 3.52. The van der Waals surface area contributed by atoms with E-state index < -0.39 is 0 Å². The van der Waals surface area contributed by atoms with Gasteiger partial charge in [-0.1, -0.05) is 34.1 Å². The Morgan fingerprint density at radius 1 is 1.22 bits per heavy atom. The number of furan rings is 1. The minimum atomic E-state index is 0. The molecule has 1 aromatic heterocycles. The smallest absolute Gasteiger partial charge is 0.191 e. The first-order valence-corrected chi connectivity index (χ1v) is 7.97. The first kappa shape index (κ1) is 19.8. The van der Waals surface area contributed by atoms with Crippen molar-refractivity contribution in [1.29, 1.82) is 0 Å². The van der Waals surface area contributed by atoms with E-state index in [1.54, 1.807) is 6.26 Å². The van der Waals surface area contributed by atoms with Crippen molar-refractivity contribution in [2.45, 2.75) is 13.0 Å². The number of guanidine groups is 1. The summed E-state index contributed by atoms with van der Waals surface area (Å²) in [6, 6.07) is 12.0. The molecule has 0 aliphatic heterocycles. The maximum Gasteiger partial charge on any atom is 0.191 e. The molecule has 6 heteroatoms. The van der Waals surface area contributed by atoms with Crippen LogP contribution < -0.4 is 10.6 Å². The Labute approximate surface area is 162 Å². The van der Waals surface area contributed by atoms with Crippen molar-refractivity contribution in [1.82, 2.24) is 10.6 Å². The first-order chi connectivity index (χ1) is 10.8. The fraction of sp³-hybridized carbons (Fsp3) is 0.235. The zero-order valence-electron chi connectivity index (χ0n) is 12.8. The topological polar surface area (TPSA) is 49.6 Å². The predicted molar refractivity (Wildman–Crippen MR) is 109 cm³/mol. The molecule has 2 N–H and O–H groups in total. The summed E-state index contributed by atoms with van der Waals surface area (Å²) in [6.07, 6.45) is 4.32. The minimum Gasteiger partial charge on any atom is -0.469 e. The highest BCUT2D eigenvalue weighted by Gasteiger charge is 2.00. The number of halogens is 2. The summed E-state index contributed by atoms with van der Waals surface area (Å²) in [6.45, 7) is 5.78. The van der Waals surface area contributed by atoms with Crippen LogP contribution >= 0.6 is 39.9 Å². The number of hydrogen-bond acceptors (Lipinski definition) is 2. The molecular weight excluding hydrogens is 469 g/mol. The van der Waals surface area contributed by atoms with Crippen LogP contribution in [0.25, 0.3) is 0 Å². The molecule has 2 rings (SSSR count). The average molecular weight is 490 g/mol. The van der Waals surface area contributed by atoms with Crippen LogP contribution in [0.4, 0.5) is 0 Å². The van der Waals surface area contributed by atoms with Crippen LogP contribution in [0.3, 0.4) is 0 Å². The van der Waals surface area contributed by atoms with E-state index in [1.165, 1.54) is 0 Å². The molecule has 0 amide bonds. The molecule has 0 saturated heterocycles. The van der Waals surface area contributed by atoms with E-state index in [0.29, 0.717) is 13.1 Å². The van der Waals surface area contributed by atoms with Gasteiger partial charge in [0.25, 0.3) is 0 Å². The minimum absolute atomic E-state index is 0. The molecule has 1 aromatic carbocycles. The number of aliphatic imine (C=N–C) groups is 1. The summed E-state index contributed by atoms with van der Waals surface area (Å²) in [7, 11) is 0. The Bertz CT molecular complexity index is 597. The van der Waals surface area contributed by atoms with Gasteiger partial charge in [-0.3, -0.25) is 0 Å². The SMILES string of the molecule is C=CCNC(=NCc1ccc(Br)cc1)NCCc1ccco1.I. The van der Waals surface area contributed by atoms with Gasteiger partial charge in [0, 0.05) is 24.0 Å². The van der Waals surface area contributed by atoms with Crippen molar-refractivity contribution in [2.24, 2.45) is 4.99 Å². The third-order valence-electron chi connectivity index (χ3n) is 2.99. The van der Waals surface area contributed by atoms with Crippen LogP contribution in [0.1, 0.15) is 11.3 Å². The molecule has 2 aromatic rings. The molecule has 0 radical (unpaired) electrons. The number of rotatable bonds is 7. The molecule has 0 aliphatic rings. The largest absolute Gasteiger partial charge is 0.469 e. The molecule has 0 saturated carbocycles. The highest BCUT2D eigenvalue weighted by Crippen LogP contribution is 2.11. The van der Waals surface area contributed by atoms with Crippen LogP contribution in [0.5, 0.6) is 0 Å². The lowest BCUT2D eigenvalue weighted by Crippen LogP contribution is -2.38. The normalized spacial score (nSPS) is 10.7. The standard InChI is InChI=1S/C17H20BrN3O.HI/c1-2-10-19-17(20-11-9-16-4-3-12-22-16)21-13-14-5-7-15(18)8-6-14;/h2-8,12H,1,9-11,13H2,(H2,19,20,21);1H. The molecule has 0 unspecified atom stereocenters. The van der Waals surface area contributed by atoms with E-state index in [2.05, 4.69) is 50.3 Å². The second-order valence-corrected chi connectivity index (χ2v) is 5.63. The summed E-state index contributed by atoms with van der Waals surface area (Å²) in [4.78, 5) is 4.58. The van der Waals surface area contributed by atoms with E-state index in [9.17, 15) is 0 Å². The van der Waals surface area contributed by atoms with Crippen LogP contribution in [0.2, 0.25) is 0 Å². The summed E-state index contributed by atoms with van der Waals surface area (Å²) in [5.41, 5.74) is 1.16. The number of benzene rings is 1. The Morgan fingerprint density at radius 2 is 2.00 bits per heavy atom. The zero-order chi connectivity index (χ0) is 15.6. The van der Waals surface area contributed by atoms with Crippen molar-refractivity contribution in [3.05, 3.63) is 71.1 Å². The molecule has 23 heavy (non-hydrogen) atoms. The summed E-state index contributed by atoms with van der Waals surface area (Å²) in [5, 5.41) is 6.51. The number of nitrogens with zero attached hydrogens (tertiary/aromatic N) is 1. The highest BCUT2D eigenvalue weighted by atomic mass is 127. The fourth-order valence-electron chi connectivity index (χ4n) is 1.86. The number of hydrogen-bond donors (Lipinski definition) is 2. The molecular formula is C17H21BrIN3O. The average Bonchev–Trinajstić information content (AvgIpc) is 3.04. The monoisotopic (exact) mass is 489 g/mol. The number of nitrogens with one attached hydrogen (secondary N) is 2.